The minimum atomic E-state index is -4.70. The smallest absolute Gasteiger partial charge is 0.335 e. The zero-order valence-electron chi connectivity index (χ0n) is 16.6. The minimum Gasteiger partial charge on any atom is -0.335 e. The molecule has 0 spiro atoms. The third-order valence-electron chi connectivity index (χ3n) is 4.78. The highest BCUT2D eigenvalue weighted by atomic mass is 19.4. The summed E-state index contributed by atoms with van der Waals surface area (Å²) in [5.41, 5.74) is -2.64. The number of alkyl halides is 3. The van der Waals surface area contributed by atoms with Crippen molar-refractivity contribution in [3.05, 3.63) is 81.3 Å². The van der Waals surface area contributed by atoms with Gasteiger partial charge in [-0.1, -0.05) is 23.4 Å². The molecule has 1 N–H and O–H groups in total. The number of nitrogens with one attached hydrogen (secondary N) is 1. The molecule has 2 aromatic carbocycles. The van der Waals surface area contributed by atoms with Crippen molar-refractivity contribution in [3.8, 4) is 11.3 Å². The number of aromatic nitrogens is 2. The lowest BCUT2D eigenvalue weighted by Crippen LogP contribution is -2.15. The molecular formula is C21H12F4N4O4. The van der Waals surface area contributed by atoms with Gasteiger partial charge in [0.15, 0.2) is 0 Å². The molecule has 2 aromatic heterocycles. The molecule has 168 valence electrons. The topological polar surface area (TPSA) is 111 Å². The van der Waals surface area contributed by atoms with E-state index in [4.69, 9.17) is 4.52 Å². The number of amides is 1. The molecule has 4 rings (SSSR count). The number of nitro benzene ring substituents is 1. The molecule has 0 radical (unpaired) electrons. The maximum atomic E-state index is 14.2. The zero-order chi connectivity index (χ0) is 23.9. The minimum absolute atomic E-state index is 0.103. The summed E-state index contributed by atoms with van der Waals surface area (Å²) < 4.78 is 59.8. The summed E-state index contributed by atoms with van der Waals surface area (Å²) in [5, 5.41) is 17.0. The van der Waals surface area contributed by atoms with Crippen molar-refractivity contribution in [3.63, 3.8) is 0 Å². The number of carbonyl (C=O) groups is 1. The number of hydrogen-bond acceptors (Lipinski definition) is 6. The molecule has 0 saturated heterocycles. The summed E-state index contributed by atoms with van der Waals surface area (Å²) in [6.45, 7) is 1.49. The van der Waals surface area contributed by atoms with Gasteiger partial charge in [0.2, 0.25) is 0 Å². The van der Waals surface area contributed by atoms with E-state index in [1.54, 1.807) is 0 Å². The van der Waals surface area contributed by atoms with Crippen LogP contribution in [0.25, 0.3) is 22.4 Å². The number of nitro groups is 1. The Morgan fingerprint density at radius 1 is 1.15 bits per heavy atom. The molecular weight excluding hydrogens is 448 g/mol. The van der Waals surface area contributed by atoms with Crippen LogP contribution in [-0.4, -0.2) is 21.0 Å². The van der Waals surface area contributed by atoms with Crippen LogP contribution in [0, 0.1) is 22.9 Å². The number of non-ortho nitro benzene ring substituents is 1. The standard InChI is InChI=1S/C21H12F4N4O4/c1-10-18-13(19(30)26-17-8-11(29(31)32)6-7-15(17)22)9-16(27-20(18)33-28-10)12-4-2-3-5-14(12)21(23,24)25/h2-9H,1H3,(H,26,30). The van der Waals surface area contributed by atoms with E-state index in [0.717, 1.165) is 30.3 Å². The van der Waals surface area contributed by atoms with Gasteiger partial charge in [-0.15, -0.1) is 0 Å². The quantitative estimate of drug-likeness (QED) is 0.244. The molecule has 2 heterocycles. The van der Waals surface area contributed by atoms with Gasteiger partial charge in [-0.05, 0) is 25.1 Å². The van der Waals surface area contributed by atoms with E-state index >= 15 is 0 Å². The first-order valence-electron chi connectivity index (χ1n) is 9.25. The Morgan fingerprint density at radius 2 is 1.88 bits per heavy atom. The maximum absolute atomic E-state index is 14.2. The second-order valence-electron chi connectivity index (χ2n) is 6.92. The molecule has 0 saturated carbocycles. The molecule has 12 heteroatoms. The van der Waals surface area contributed by atoms with Gasteiger partial charge in [-0.25, -0.2) is 9.37 Å². The first-order chi connectivity index (χ1) is 15.6. The number of fused-ring (bicyclic) bond motifs is 1. The number of carbonyl (C=O) groups excluding carboxylic acids is 1. The van der Waals surface area contributed by atoms with Crippen LogP contribution in [0.15, 0.2) is 53.1 Å². The van der Waals surface area contributed by atoms with Crippen LogP contribution >= 0.6 is 0 Å². The van der Waals surface area contributed by atoms with Crippen LogP contribution in [0.1, 0.15) is 21.6 Å². The third kappa shape index (κ3) is 4.10. The summed E-state index contributed by atoms with van der Waals surface area (Å²) in [6.07, 6.45) is -4.70. The molecule has 0 bridgehead atoms. The first kappa shape index (κ1) is 21.9. The van der Waals surface area contributed by atoms with Crippen LogP contribution < -0.4 is 5.32 Å². The summed E-state index contributed by atoms with van der Waals surface area (Å²) in [6, 6.07) is 8.29. The Labute approximate surface area is 182 Å². The van der Waals surface area contributed by atoms with E-state index in [9.17, 15) is 32.5 Å². The van der Waals surface area contributed by atoms with Gasteiger partial charge >= 0.3 is 6.18 Å². The lowest BCUT2D eigenvalue weighted by molar-refractivity contribution is -0.384. The van der Waals surface area contributed by atoms with Crippen LogP contribution in [0.4, 0.5) is 28.9 Å². The van der Waals surface area contributed by atoms with Gasteiger partial charge in [0, 0.05) is 17.7 Å². The molecule has 0 aliphatic carbocycles. The third-order valence-corrected chi connectivity index (χ3v) is 4.78. The van der Waals surface area contributed by atoms with Crippen LogP contribution in [-0.2, 0) is 6.18 Å². The molecule has 4 aromatic rings. The number of benzene rings is 2. The predicted octanol–water partition coefficient (Wildman–Crippen LogP) is 5.52. The van der Waals surface area contributed by atoms with E-state index in [0.29, 0.717) is 0 Å². The first-order valence-corrected chi connectivity index (χ1v) is 9.25. The van der Waals surface area contributed by atoms with Crippen molar-refractivity contribution in [1.29, 1.82) is 0 Å². The SMILES string of the molecule is Cc1noc2nc(-c3ccccc3C(F)(F)F)cc(C(=O)Nc3cc([N+](=O)[O-])ccc3F)c12. The van der Waals surface area contributed by atoms with Gasteiger partial charge in [-0.3, -0.25) is 14.9 Å². The maximum Gasteiger partial charge on any atom is 0.417 e. The fourth-order valence-electron chi connectivity index (χ4n) is 3.28. The Kier molecular flexibility index (Phi) is 5.28. The second-order valence-corrected chi connectivity index (χ2v) is 6.92. The predicted molar refractivity (Wildman–Crippen MR) is 108 cm³/mol. The largest absolute Gasteiger partial charge is 0.417 e. The summed E-state index contributed by atoms with van der Waals surface area (Å²) in [7, 11) is 0. The molecule has 0 aliphatic rings. The van der Waals surface area contributed by atoms with Crippen molar-refractivity contribution in [2.75, 3.05) is 5.32 Å². The molecule has 0 aliphatic heterocycles. The number of halogens is 4. The lowest BCUT2D eigenvalue weighted by Gasteiger charge is -2.13. The van der Waals surface area contributed by atoms with Crippen molar-refractivity contribution in [1.82, 2.24) is 10.1 Å². The van der Waals surface area contributed by atoms with E-state index in [-0.39, 0.29) is 33.6 Å². The average Bonchev–Trinajstić information content (AvgIpc) is 3.14. The van der Waals surface area contributed by atoms with Gasteiger partial charge < -0.3 is 9.84 Å². The number of nitrogens with zero attached hydrogens (tertiary/aromatic N) is 3. The highest BCUT2D eigenvalue weighted by Crippen LogP contribution is 2.37. The number of hydrogen-bond donors (Lipinski definition) is 1. The van der Waals surface area contributed by atoms with E-state index in [1.807, 2.05) is 0 Å². The van der Waals surface area contributed by atoms with E-state index in [1.165, 1.54) is 25.1 Å². The summed E-state index contributed by atoms with van der Waals surface area (Å²) in [4.78, 5) is 27.3. The highest BCUT2D eigenvalue weighted by molar-refractivity contribution is 6.13. The van der Waals surface area contributed by atoms with Crippen LogP contribution in [0.3, 0.4) is 0 Å². The van der Waals surface area contributed by atoms with Crippen LogP contribution in [0.2, 0.25) is 0 Å². The Morgan fingerprint density at radius 3 is 2.58 bits per heavy atom. The normalized spacial score (nSPS) is 11.5. The Bertz CT molecular complexity index is 1420. The molecule has 0 unspecified atom stereocenters. The van der Waals surface area contributed by atoms with Crippen molar-refractivity contribution < 1.29 is 31.8 Å². The van der Waals surface area contributed by atoms with Crippen molar-refractivity contribution in [2.45, 2.75) is 13.1 Å². The Hall–Kier alpha value is -4.35. The lowest BCUT2D eigenvalue weighted by atomic mass is 10.0. The van der Waals surface area contributed by atoms with Gasteiger partial charge in [0.25, 0.3) is 17.3 Å². The number of pyridine rings is 1. The molecule has 33 heavy (non-hydrogen) atoms. The number of rotatable bonds is 4. The average molecular weight is 460 g/mol. The fourth-order valence-corrected chi connectivity index (χ4v) is 3.28. The van der Waals surface area contributed by atoms with Gasteiger partial charge in [-0.2, -0.15) is 13.2 Å². The fraction of sp³-hybridized carbons (Fsp3) is 0.0952. The van der Waals surface area contributed by atoms with Gasteiger partial charge in [0.05, 0.1) is 38.5 Å². The molecule has 0 atom stereocenters. The summed E-state index contributed by atoms with van der Waals surface area (Å²) in [5.74, 6) is -1.89. The molecule has 8 nitrogen and oxygen atoms in total. The zero-order valence-corrected chi connectivity index (χ0v) is 16.6. The molecule has 1 amide bonds. The van der Waals surface area contributed by atoms with Crippen molar-refractivity contribution in [2.24, 2.45) is 0 Å². The highest BCUT2D eigenvalue weighted by Gasteiger charge is 2.34. The van der Waals surface area contributed by atoms with E-state index < -0.39 is 39.8 Å². The number of aryl methyl sites for hydroxylation is 1. The number of anilines is 1. The monoisotopic (exact) mass is 460 g/mol. The Balaban J connectivity index is 1.86. The van der Waals surface area contributed by atoms with E-state index in [2.05, 4.69) is 15.5 Å². The second kappa shape index (κ2) is 7.97. The van der Waals surface area contributed by atoms with Crippen molar-refractivity contribution >= 4 is 28.4 Å². The van der Waals surface area contributed by atoms with Gasteiger partial charge in [0.1, 0.15) is 5.82 Å². The summed E-state index contributed by atoms with van der Waals surface area (Å²) >= 11 is 0. The molecule has 0 fully saturated rings. The van der Waals surface area contributed by atoms with Crippen LogP contribution in [0.5, 0.6) is 0 Å².